The van der Waals surface area contributed by atoms with Crippen molar-refractivity contribution in [2.75, 3.05) is 5.23 Å². The third-order valence-corrected chi connectivity index (χ3v) is 1.66. The minimum Gasteiger partial charge on any atom is -0.733 e. The van der Waals surface area contributed by atoms with Crippen LogP contribution in [0.15, 0.2) is 17.3 Å². The number of imidazole rings is 1. The highest BCUT2D eigenvalue weighted by Gasteiger charge is 2.06. The minimum absolute atomic E-state index is 0.101. The van der Waals surface area contributed by atoms with Crippen molar-refractivity contribution < 1.29 is 5.21 Å². The van der Waals surface area contributed by atoms with Crippen molar-refractivity contribution in [1.29, 1.82) is 0 Å². The Bertz CT molecular complexity index is 486. The third kappa shape index (κ3) is 1.06. The fourth-order valence-corrected chi connectivity index (χ4v) is 1.08. The van der Waals surface area contributed by atoms with E-state index in [-0.39, 0.29) is 21.9 Å². The van der Waals surface area contributed by atoms with E-state index in [2.05, 4.69) is 15.0 Å². The van der Waals surface area contributed by atoms with E-state index in [4.69, 9.17) is 5.21 Å². The smallest absolute Gasteiger partial charge is 0.274 e. The Balaban J connectivity index is 2.86. The molecule has 0 aliphatic carbocycles. The number of nitrogens with one attached hydrogen (secondary N) is 2. The van der Waals surface area contributed by atoms with Crippen LogP contribution in [0.5, 0.6) is 0 Å². The number of hydrogen-bond donors (Lipinski definition) is 3. The van der Waals surface area contributed by atoms with Crippen molar-refractivity contribution in [1.82, 2.24) is 15.0 Å². The molecule has 7 nitrogen and oxygen atoms in total. The van der Waals surface area contributed by atoms with Crippen LogP contribution in [-0.2, 0) is 0 Å². The maximum absolute atomic E-state index is 11.1. The largest absolute Gasteiger partial charge is 0.733 e. The standard InChI is InChI=1S/C6H5N4O3/c11-6-5-4(8-2-9-5)3(1-7-6)10(12)13/h1-2,12H,(H,7,11)(H,8,9)/q-1. The summed E-state index contributed by atoms with van der Waals surface area (Å²) in [6.45, 7) is 0. The summed E-state index contributed by atoms with van der Waals surface area (Å²) < 4.78 is 0. The molecule has 0 aliphatic rings. The Kier molecular flexibility index (Phi) is 1.54. The van der Waals surface area contributed by atoms with E-state index in [0.29, 0.717) is 0 Å². The van der Waals surface area contributed by atoms with Crippen LogP contribution in [0, 0.1) is 5.21 Å². The van der Waals surface area contributed by atoms with Gasteiger partial charge in [-0.2, -0.15) is 0 Å². The Morgan fingerprint density at radius 1 is 1.54 bits per heavy atom. The number of anilines is 1. The van der Waals surface area contributed by atoms with Crippen molar-refractivity contribution in [3.63, 3.8) is 0 Å². The number of aromatic amines is 2. The number of aromatic nitrogens is 3. The summed E-state index contributed by atoms with van der Waals surface area (Å²) in [6, 6.07) is 0. The van der Waals surface area contributed by atoms with Crippen molar-refractivity contribution in [2.24, 2.45) is 0 Å². The van der Waals surface area contributed by atoms with Gasteiger partial charge in [0.05, 0.1) is 12.0 Å². The van der Waals surface area contributed by atoms with Gasteiger partial charge in [0.1, 0.15) is 11.0 Å². The maximum Gasteiger partial charge on any atom is 0.274 e. The molecule has 0 aliphatic heterocycles. The van der Waals surface area contributed by atoms with Crippen molar-refractivity contribution in [3.8, 4) is 0 Å². The molecule has 0 spiro atoms. The first-order valence-electron chi connectivity index (χ1n) is 3.41. The van der Waals surface area contributed by atoms with E-state index in [1.54, 1.807) is 0 Å². The SMILES string of the molecule is O=c1[nH]cc(N([O-])O)c2nc[nH]c12. The van der Waals surface area contributed by atoms with Crippen molar-refractivity contribution in [3.05, 3.63) is 28.1 Å². The van der Waals surface area contributed by atoms with E-state index >= 15 is 0 Å². The van der Waals surface area contributed by atoms with Crippen LogP contribution in [0.2, 0.25) is 0 Å². The average Bonchev–Trinajstić information content (AvgIpc) is 2.53. The number of pyridine rings is 1. The molecule has 0 saturated carbocycles. The van der Waals surface area contributed by atoms with Gasteiger partial charge in [0.2, 0.25) is 0 Å². The zero-order valence-electron chi connectivity index (χ0n) is 6.31. The van der Waals surface area contributed by atoms with Gasteiger partial charge in [0.25, 0.3) is 5.56 Å². The molecule has 2 aromatic heterocycles. The molecule has 2 heterocycles. The summed E-state index contributed by atoms with van der Waals surface area (Å²) in [5.41, 5.74) is -0.192. The molecule has 0 saturated heterocycles. The monoisotopic (exact) mass is 181 g/mol. The van der Waals surface area contributed by atoms with Gasteiger partial charge in [-0.25, -0.2) is 4.98 Å². The Morgan fingerprint density at radius 3 is 3.00 bits per heavy atom. The van der Waals surface area contributed by atoms with Crippen LogP contribution in [0.1, 0.15) is 0 Å². The quantitative estimate of drug-likeness (QED) is 0.534. The Labute approximate surface area is 71.2 Å². The molecular weight excluding hydrogens is 176 g/mol. The van der Waals surface area contributed by atoms with Crippen LogP contribution in [0.25, 0.3) is 11.0 Å². The maximum atomic E-state index is 11.1. The molecule has 68 valence electrons. The van der Waals surface area contributed by atoms with E-state index in [0.717, 1.165) is 6.20 Å². The number of fused-ring (bicyclic) bond motifs is 1. The summed E-state index contributed by atoms with van der Waals surface area (Å²) in [7, 11) is 0. The summed E-state index contributed by atoms with van der Waals surface area (Å²) in [4.78, 5) is 19.6. The van der Waals surface area contributed by atoms with Gasteiger partial charge in [0, 0.05) is 6.20 Å². The summed E-state index contributed by atoms with van der Waals surface area (Å²) >= 11 is 0. The van der Waals surface area contributed by atoms with Crippen LogP contribution in [0.4, 0.5) is 5.69 Å². The summed E-state index contributed by atoms with van der Waals surface area (Å²) in [5, 5.41) is 18.8. The highest BCUT2D eigenvalue weighted by Crippen LogP contribution is 2.17. The lowest BCUT2D eigenvalue weighted by Crippen LogP contribution is -2.13. The lowest BCUT2D eigenvalue weighted by atomic mass is 10.3. The first kappa shape index (κ1) is 7.77. The average molecular weight is 181 g/mol. The highest BCUT2D eigenvalue weighted by molar-refractivity contribution is 5.86. The molecule has 13 heavy (non-hydrogen) atoms. The second-order valence-corrected chi connectivity index (χ2v) is 2.40. The second-order valence-electron chi connectivity index (χ2n) is 2.40. The fourth-order valence-electron chi connectivity index (χ4n) is 1.08. The topological polar surface area (TPSA) is 108 Å². The van der Waals surface area contributed by atoms with Gasteiger partial charge in [-0.05, 0) is 0 Å². The summed E-state index contributed by atoms with van der Waals surface area (Å²) in [6.07, 6.45) is 2.37. The van der Waals surface area contributed by atoms with Gasteiger partial charge in [0.15, 0.2) is 0 Å². The molecule has 0 aromatic carbocycles. The first-order chi connectivity index (χ1) is 6.20. The fraction of sp³-hybridized carbons (Fsp3) is 0. The van der Waals surface area contributed by atoms with Crippen molar-refractivity contribution >= 4 is 16.7 Å². The van der Waals surface area contributed by atoms with Gasteiger partial charge >= 0.3 is 0 Å². The van der Waals surface area contributed by atoms with Crippen LogP contribution in [-0.4, -0.2) is 20.2 Å². The van der Waals surface area contributed by atoms with E-state index < -0.39 is 5.56 Å². The number of rotatable bonds is 1. The van der Waals surface area contributed by atoms with Gasteiger partial charge in [-0.1, -0.05) is 0 Å². The predicted octanol–water partition coefficient (Wildman–Crippen LogP) is -0.0554. The van der Waals surface area contributed by atoms with Crippen LogP contribution in [0.3, 0.4) is 0 Å². The molecule has 2 rings (SSSR count). The lowest BCUT2D eigenvalue weighted by Gasteiger charge is -2.20. The number of hydrogen-bond acceptors (Lipinski definition) is 5. The first-order valence-corrected chi connectivity index (χ1v) is 3.41. The number of nitrogens with zero attached hydrogens (tertiary/aromatic N) is 2. The molecule has 3 N–H and O–H groups in total. The predicted molar refractivity (Wildman–Crippen MR) is 44.3 cm³/mol. The van der Waals surface area contributed by atoms with E-state index in [1.165, 1.54) is 6.33 Å². The zero-order chi connectivity index (χ0) is 9.42. The molecule has 0 fully saturated rings. The highest BCUT2D eigenvalue weighted by atomic mass is 16.8. The van der Waals surface area contributed by atoms with Gasteiger partial charge in [-0.3, -0.25) is 10.0 Å². The Morgan fingerprint density at radius 2 is 2.31 bits per heavy atom. The lowest BCUT2D eigenvalue weighted by molar-refractivity contribution is 0.297. The molecular formula is C6H5N4O3-. The zero-order valence-corrected chi connectivity index (χ0v) is 6.31. The molecule has 0 atom stereocenters. The van der Waals surface area contributed by atoms with Gasteiger partial charge < -0.3 is 20.4 Å². The summed E-state index contributed by atoms with van der Waals surface area (Å²) in [5.74, 6) is 0. The molecule has 7 heteroatoms. The molecule has 0 amide bonds. The Hall–Kier alpha value is -1.86. The van der Waals surface area contributed by atoms with Crippen LogP contribution >= 0.6 is 0 Å². The third-order valence-electron chi connectivity index (χ3n) is 1.66. The van der Waals surface area contributed by atoms with Crippen LogP contribution < -0.4 is 10.8 Å². The van der Waals surface area contributed by atoms with Gasteiger partial charge in [-0.15, -0.1) is 0 Å². The number of H-pyrrole nitrogens is 2. The molecule has 0 radical (unpaired) electrons. The normalized spacial score (nSPS) is 10.6. The van der Waals surface area contributed by atoms with Crippen molar-refractivity contribution in [2.45, 2.75) is 0 Å². The molecule has 0 unspecified atom stereocenters. The van der Waals surface area contributed by atoms with E-state index in [1.807, 2.05) is 0 Å². The minimum atomic E-state index is -0.391. The molecule has 0 bridgehead atoms. The molecule has 2 aromatic rings. The second kappa shape index (κ2) is 2.57. The van der Waals surface area contributed by atoms with E-state index in [9.17, 15) is 10.0 Å².